The van der Waals surface area contributed by atoms with E-state index in [9.17, 15) is 19.5 Å². The molecule has 2 atom stereocenters. The first kappa shape index (κ1) is 29.3. The van der Waals surface area contributed by atoms with Gasteiger partial charge in [0.15, 0.2) is 0 Å². The topological polar surface area (TPSA) is 105 Å². The predicted molar refractivity (Wildman–Crippen MR) is 159 cm³/mol. The van der Waals surface area contributed by atoms with Gasteiger partial charge in [0.2, 0.25) is 5.91 Å². The number of ether oxygens (including phenoxy) is 2. The second kappa shape index (κ2) is 12.8. The summed E-state index contributed by atoms with van der Waals surface area (Å²) in [6.07, 6.45) is -0.128. The third-order valence-electron chi connectivity index (χ3n) is 8.87. The molecule has 42 heavy (non-hydrogen) atoms. The Morgan fingerprint density at radius 2 is 1.50 bits per heavy atom. The summed E-state index contributed by atoms with van der Waals surface area (Å²) in [5.41, 5.74) is 4.58. The number of carboxylic acid groups (broad SMARTS) is 1. The lowest BCUT2D eigenvalue weighted by Crippen LogP contribution is -2.57. The first-order valence-electron chi connectivity index (χ1n) is 14.6. The monoisotopic (exact) mass is 570 g/mol. The van der Waals surface area contributed by atoms with Gasteiger partial charge in [-0.15, -0.1) is 0 Å². The minimum absolute atomic E-state index is 0.107. The molecule has 220 valence electrons. The quantitative estimate of drug-likeness (QED) is 0.329. The average molecular weight is 571 g/mol. The Bertz CT molecular complexity index is 1370. The molecule has 0 aromatic heterocycles. The van der Waals surface area contributed by atoms with Crippen LogP contribution in [0.5, 0.6) is 0 Å². The highest BCUT2D eigenvalue weighted by molar-refractivity contribution is 5.87. The number of hydrogen-bond acceptors (Lipinski definition) is 5. The Hall–Kier alpha value is -4.17. The van der Waals surface area contributed by atoms with Crippen molar-refractivity contribution in [2.24, 2.45) is 5.41 Å². The molecule has 5 rings (SSSR count). The zero-order chi connectivity index (χ0) is 29.7. The van der Waals surface area contributed by atoms with Crippen molar-refractivity contribution in [1.29, 1.82) is 0 Å². The Morgan fingerprint density at radius 1 is 0.929 bits per heavy atom. The lowest BCUT2D eigenvalue weighted by molar-refractivity contribution is -0.155. The maximum absolute atomic E-state index is 13.8. The minimum atomic E-state index is -0.997. The van der Waals surface area contributed by atoms with Crippen LogP contribution in [0.4, 0.5) is 4.79 Å². The fourth-order valence-corrected chi connectivity index (χ4v) is 6.12. The van der Waals surface area contributed by atoms with E-state index in [1.165, 1.54) is 0 Å². The Balaban J connectivity index is 1.28. The second-order valence-electron chi connectivity index (χ2n) is 11.2. The van der Waals surface area contributed by atoms with Gasteiger partial charge in [-0.25, -0.2) is 4.79 Å². The smallest absolute Gasteiger partial charge is 0.407 e. The molecule has 0 bridgehead atoms. The van der Waals surface area contributed by atoms with Crippen LogP contribution in [-0.2, 0) is 25.7 Å². The fourth-order valence-electron chi connectivity index (χ4n) is 6.12. The second-order valence-corrected chi connectivity index (χ2v) is 11.2. The van der Waals surface area contributed by atoms with Crippen molar-refractivity contribution < 1.29 is 29.0 Å². The number of fused-ring (bicyclic) bond motifs is 3. The summed E-state index contributed by atoms with van der Waals surface area (Å²) in [7, 11) is 0. The van der Waals surface area contributed by atoms with Gasteiger partial charge in [0.1, 0.15) is 12.6 Å². The van der Waals surface area contributed by atoms with Crippen molar-refractivity contribution in [1.82, 2.24) is 10.2 Å². The molecule has 1 aliphatic carbocycles. The first-order chi connectivity index (χ1) is 20.3. The van der Waals surface area contributed by atoms with Crippen LogP contribution in [0.25, 0.3) is 11.1 Å². The summed E-state index contributed by atoms with van der Waals surface area (Å²) < 4.78 is 11.8. The molecule has 3 aromatic carbocycles. The number of carbonyl (C=O) groups excluding carboxylic acids is 2. The summed E-state index contributed by atoms with van der Waals surface area (Å²) in [5, 5.41) is 12.6. The number of hydrogen-bond donors (Lipinski definition) is 2. The maximum atomic E-state index is 13.8. The van der Waals surface area contributed by atoms with E-state index < -0.39 is 29.6 Å². The number of piperidine rings is 1. The molecule has 3 aromatic rings. The highest BCUT2D eigenvalue weighted by atomic mass is 16.5. The van der Waals surface area contributed by atoms with E-state index in [2.05, 4.69) is 29.6 Å². The van der Waals surface area contributed by atoms with Crippen LogP contribution < -0.4 is 5.32 Å². The maximum Gasteiger partial charge on any atom is 0.407 e. The molecule has 1 saturated heterocycles. The predicted octanol–water partition coefficient (Wildman–Crippen LogP) is 5.60. The third-order valence-corrected chi connectivity index (χ3v) is 8.87. The SMILES string of the molecule is CCC1(C(=O)O)CCN(C(=O)[C@H](NC(=O)OCC2c3ccccc3-c3ccccc32)[C@H](C)OCc2ccccc2)CC1. The molecule has 2 amide bonds. The molecule has 1 fully saturated rings. The van der Waals surface area contributed by atoms with Gasteiger partial charge in [0.05, 0.1) is 18.1 Å². The molecule has 8 nitrogen and oxygen atoms in total. The van der Waals surface area contributed by atoms with E-state index in [1.54, 1.807) is 11.8 Å². The van der Waals surface area contributed by atoms with Crippen molar-refractivity contribution in [2.45, 2.75) is 57.8 Å². The lowest BCUT2D eigenvalue weighted by atomic mass is 9.76. The Labute approximate surface area is 246 Å². The van der Waals surface area contributed by atoms with Crippen molar-refractivity contribution in [3.63, 3.8) is 0 Å². The van der Waals surface area contributed by atoms with Crippen LogP contribution >= 0.6 is 0 Å². The Kier molecular flexibility index (Phi) is 8.92. The molecule has 0 saturated carbocycles. The van der Waals surface area contributed by atoms with Crippen molar-refractivity contribution in [3.8, 4) is 11.1 Å². The highest BCUT2D eigenvalue weighted by Gasteiger charge is 2.43. The summed E-state index contributed by atoms with van der Waals surface area (Å²) in [6.45, 7) is 4.62. The molecular weight excluding hydrogens is 532 g/mol. The zero-order valence-corrected chi connectivity index (χ0v) is 24.1. The average Bonchev–Trinajstić information content (AvgIpc) is 3.35. The van der Waals surface area contributed by atoms with E-state index >= 15 is 0 Å². The number of alkyl carbamates (subject to hydrolysis) is 1. The Morgan fingerprint density at radius 3 is 2.07 bits per heavy atom. The number of carboxylic acids is 1. The van der Waals surface area contributed by atoms with E-state index in [-0.39, 0.29) is 25.0 Å². The van der Waals surface area contributed by atoms with E-state index in [1.807, 2.05) is 61.5 Å². The van der Waals surface area contributed by atoms with E-state index in [4.69, 9.17) is 9.47 Å². The molecule has 0 spiro atoms. The number of nitrogens with zero attached hydrogens (tertiary/aromatic N) is 1. The van der Waals surface area contributed by atoms with Crippen molar-refractivity contribution >= 4 is 18.0 Å². The van der Waals surface area contributed by atoms with Crippen LogP contribution in [0, 0.1) is 5.41 Å². The van der Waals surface area contributed by atoms with Crippen molar-refractivity contribution in [2.75, 3.05) is 19.7 Å². The van der Waals surface area contributed by atoms with Crippen LogP contribution in [0.3, 0.4) is 0 Å². The molecule has 1 heterocycles. The molecule has 0 unspecified atom stereocenters. The largest absolute Gasteiger partial charge is 0.481 e. The van der Waals surface area contributed by atoms with Gasteiger partial charge in [-0.2, -0.15) is 0 Å². The van der Waals surface area contributed by atoms with Gasteiger partial charge < -0.3 is 24.8 Å². The lowest BCUT2D eigenvalue weighted by Gasteiger charge is -2.40. The van der Waals surface area contributed by atoms with Gasteiger partial charge in [0, 0.05) is 19.0 Å². The number of benzene rings is 3. The molecule has 1 aliphatic heterocycles. The number of rotatable bonds is 10. The first-order valence-corrected chi connectivity index (χ1v) is 14.6. The fraction of sp³-hybridized carbons (Fsp3) is 0.382. The van der Waals surface area contributed by atoms with E-state index in [0.29, 0.717) is 32.4 Å². The number of carbonyl (C=O) groups is 3. The normalized spacial score (nSPS) is 17.0. The summed E-state index contributed by atoms with van der Waals surface area (Å²) in [6, 6.07) is 24.8. The summed E-state index contributed by atoms with van der Waals surface area (Å²) in [4.78, 5) is 40.5. The molecule has 0 radical (unpaired) electrons. The summed E-state index contributed by atoms with van der Waals surface area (Å²) >= 11 is 0. The highest BCUT2D eigenvalue weighted by Crippen LogP contribution is 2.44. The minimum Gasteiger partial charge on any atom is -0.481 e. The van der Waals surface area contributed by atoms with Crippen LogP contribution in [-0.4, -0.2) is 59.8 Å². The van der Waals surface area contributed by atoms with Crippen LogP contribution in [0.2, 0.25) is 0 Å². The number of nitrogens with one attached hydrogen (secondary N) is 1. The third kappa shape index (κ3) is 6.04. The zero-order valence-electron chi connectivity index (χ0n) is 24.1. The van der Waals surface area contributed by atoms with Crippen LogP contribution in [0.15, 0.2) is 78.9 Å². The molecule has 2 N–H and O–H groups in total. The van der Waals surface area contributed by atoms with Crippen molar-refractivity contribution in [3.05, 3.63) is 95.6 Å². The molecule has 8 heteroatoms. The van der Waals surface area contributed by atoms with Gasteiger partial charge in [-0.1, -0.05) is 85.8 Å². The molecule has 2 aliphatic rings. The van der Waals surface area contributed by atoms with Gasteiger partial charge in [-0.05, 0) is 54.0 Å². The number of aliphatic carboxylic acids is 1. The van der Waals surface area contributed by atoms with Gasteiger partial charge >= 0.3 is 12.1 Å². The number of amides is 2. The summed E-state index contributed by atoms with van der Waals surface area (Å²) in [5.74, 6) is -1.24. The standard InChI is InChI=1S/C34H38N2O6/c1-3-34(32(38)39)17-19-36(20-18-34)31(37)30(23(2)41-21-24-11-5-4-6-12-24)35-33(40)42-22-29-27-15-9-7-13-25(27)26-14-8-10-16-28(26)29/h4-16,23,29-30H,3,17-22H2,1-2H3,(H,35,40)(H,38,39)/t23-,30+/m0/s1. The number of likely N-dealkylation sites (tertiary alicyclic amines) is 1. The van der Waals surface area contributed by atoms with E-state index in [0.717, 1.165) is 27.8 Å². The van der Waals surface area contributed by atoms with Gasteiger partial charge in [-0.3, -0.25) is 9.59 Å². The van der Waals surface area contributed by atoms with Gasteiger partial charge in [0.25, 0.3) is 0 Å². The van der Waals surface area contributed by atoms with Crippen LogP contribution in [0.1, 0.15) is 55.7 Å². The molecular formula is C34H38N2O6.